The van der Waals surface area contributed by atoms with Crippen molar-refractivity contribution in [1.29, 1.82) is 0 Å². The molecule has 0 aliphatic heterocycles. The van der Waals surface area contributed by atoms with Crippen LogP contribution in [0, 0.1) is 13.8 Å². The molecule has 3 N–H and O–H groups in total. The summed E-state index contributed by atoms with van der Waals surface area (Å²) < 4.78 is 0. The second-order valence-corrected chi connectivity index (χ2v) is 4.17. The Morgan fingerprint density at radius 1 is 1.28 bits per heavy atom. The Morgan fingerprint density at radius 3 is 2.72 bits per heavy atom. The smallest absolute Gasteiger partial charge is 0.257 e. The number of nitrogens with zero attached hydrogens (tertiary/aromatic N) is 1. The van der Waals surface area contributed by atoms with Gasteiger partial charge in [0, 0.05) is 5.69 Å². The van der Waals surface area contributed by atoms with Gasteiger partial charge in [-0.15, -0.1) is 0 Å². The minimum atomic E-state index is -0.193. The van der Waals surface area contributed by atoms with E-state index in [-0.39, 0.29) is 5.91 Å². The minimum absolute atomic E-state index is 0.193. The number of nitrogen functional groups attached to an aromatic ring is 1. The maximum Gasteiger partial charge on any atom is 0.257 e. The normalized spacial score (nSPS) is 10.1. The average molecular weight is 241 g/mol. The van der Waals surface area contributed by atoms with E-state index < -0.39 is 0 Å². The Bertz CT molecular complexity index is 593. The topological polar surface area (TPSA) is 68.0 Å². The number of aromatic nitrogens is 1. The summed E-state index contributed by atoms with van der Waals surface area (Å²) in [6.45, 7) is 3.73. The molecule has 1 amide bonds. The van der Waals surface area contributed by atoms with E-state index in [1.54, 1.807) is 19.2 Å². The maximum absolute atomic E-state index is 12.1. The first-order valence-corrected chi connectivity index (χ1v) is 5.67. The number of rotatable bonds is 2. The van der Waals surface area contributed by atoms with Crippen molar-refractivity contribution in [2.24, 2.45) is 0 Å². The van der Waals surface area contributed by atoms with Crippen molar-refractivity contribution in [3.8, 4) is 0 Å². The fraction of sp³-hybridized carbons (Fsp3) is 0.143. The Balaban J connectivity index is 2.28. The molecule has 0 unspecified atom stereocenters. The molecule has 0 spiro atoms. The molecule has 4 heteroatoms. The van der Waals surface area contributed by atoms with Crippen molar-refractivity contribution < 1.29 is 4.79 Å². The lowest BCUT2D eigenvalue weighted by Gasteiger charge is -2.09. The molecule has 92 valence electrons. The highest BCUT2D eigenvalue weighted by Crippen LogP contribution is 2.16. The SMILES string of the molecule is Cc1ccccc1NC(=O)c1cc(N)cnc1C. The molecule has 2 aromatic rings. The Kier molecular flexibility index (Phi) is 3.28. The fourth-order valence-corrected chi connectivity index (χ4v) is 1.68. The van der Waals surface area contributed by atoms with Crippen molar-refractivity contribution in [2.45, 2.75) is 13.8 Å². The lowest BCUT2D eigenvalue weighted by Crippen LogP contribution is -2.15. The fourth-order valence-electron chi connectivity index (χ4n) is 1.68. The highest BCUT2D eigenvalue weighted by molar-refractivity contribution is 6.05. The van der Waals surface area contributed by atoms with Crippen LogP contribution in [-0.2, 0) is 0 Å². The zero-order valence-corrected chi connectivity index (χ0v) is 10.4. The molecule has 0 atom stereocenters. The van der Waals surface area contributed by atoms with Crippen molar-refractivity contribution in [3.05, 3.63) is 53.3 Å². The number of hydrogen-bond acceptors (Lipinski definition) is 3. The number of carbonyl (C=O) groups is 1. The molecular weight excluding hydrogens is 226 g/mol. The second kappa shape index (κ2) is 4.87. The average Bonchev–Trinajstić information content (AvgIpc) is 2.35. The lowest BCUT2D eigenvalue weighted by molar-refractivity contribution is 0.102. The van der Waals surface area contributed by atoms with Crippen LogP contribution in [0.15, 0.2) is 36.5 Å². The van der Waals surface area contributed by atoms with E-state index in [1.165, 1.54) is 0 Å². The van der Waals surface area contributed by atoms with Crippen LogP contribution in [0.4, 0.5) is 11.4 Å². The predicted molar refractivity (Wildman–Crippen MR) is 72.5 cm³/mol. The van der Waals surface area contributed by atoms with E-state index in [9.17, 15) is 4.79 Å². The maximum atomic E-state index is 12.1. The summed E-state index contributed by atoms with van der Waals surface area (Å²) in [6.07, 6.45) is 1.54. The molecular formula is C14H15N3O. The largest absolute Gasteiger partial charge is 0.397 e. The van der Waals surface area contributed by atoms with Crippen LogP contribution in [0.2, 0.25) is 0 Å². The first kappa shape index (κ1) is 12.1. The van der Waals surface area contributed by atoms with Crippen LogP contribution in [0.5, 0.6) is 0 Å². The summed E-state index contributed by atoms with van der Waals surface area (Å²) in [4.78, 5) is 16.2. The molecule has 2 rings (SSSR count). The first-order valence-electron chi connectivity index (χ1n) is 5.67. The first-order chi connectivity index (χ1) is 8.58. The van der Waals surface area contributed by atoms with E-state index in [0.717, 1.165) is 11.3 Å². The van der Waals surface area contributed by atoms with Crippen molar-refractivity contribution in [3.63, 3.8) is 0 Å². The number of anilines is 2. The standard InChI is InChI=1S/C14H15N3O/c1-9-5-3-4-6-13(9)17-14(18)12-7-11(15)8-16-10(12)2/h3-8H,15H2,1-2H3,(H,17,18). The van der Waals surface area contributed by atoms with Gasteiger partial charge >= 0.3 is 0 Å². The van der Waals surface area contributed by atoms with E-state index in [2.05, 4.69) is 10.3 Å². The van der Waals surface area contributed by atoms with Crippen LogP contribution in [0.1, 0.15) is 21.6 Å². The molecule has 0 fully saturated rings. The van der Waals surface area contributed by atoms with Crippen LogP contribution in [-0.4, -0.2) is 10.9 Å². The molecule has 18 heavy (non-hydrogen) atoms. The van der Waals surface area contributed by atoms with Gasteiger partial charge in [-0.1, -0.05) is 18.2 Å². The Morgan fingerprint density at radius 2 is 2.00 bits per heavy atom. The molecule has 0 saturated carbocycles. The number of benzene rings is 1. The van der Waals surface area contributed by atoms with Gasteiger partial charge in [0.05, 0.1) is 23.1 Å². The molecule has 0 saturated heterocycles. The van der Waals surface area contributed by atoms with Gasteiger partial charge in [0.1, 0.15) is 0 Å². The summed E-state index contributed by atoms with van der Waals surface area (Å²) in [7, 11) is 0. The van der Waals surface area contributed by atoms with E-state index in [1.807, 2.05) is 31.2 Å². The van der Waals surface area contributed by atoms with E-state index >= 15 is 0 Å². The van der Waals surface area contributed by atoms with Gasteiger partial charge in [0.15, 0.2) is 0 Å². The number of amides is 1. The minimum Gasteiger partial charge on any atom is -0.397 e. The zero-order valence-electron chi connectivity index (χ0n) is 10.4. The number of carbonyl (C=O) groups excluding carboxylic acids is 1. The zero-order chi connectivity index (χ0) is 13.1. The quantitative estimate of drug-likeness (QED) is 0.849. The summed E-state index contributed by atoms with van der Waals surface area (Å²) >= 11 is 0. The van der Waals surface area contributed by atoms with E-state index in [4.69, 9.17) is 5.73 Å². The van der Waals surface area contributed by atoms with Gasteiger partial charge in [-0.3, -0.25) is 9.78 Å². The third-order valence-electron chi connectivity index (χ3n) is 2.75. The molecule has 0 aliphatic carbocycles. The molecule has 1 aromatic carbocycles. The molecule has 1 heterocycles. The van der Waals surface area contributed by atoms with Gasteiger partial charge in [-0.25, -0.2) is 0 Å². The monoisotopic (exact) mass is 241 g/mol. The third-order valence-corrected chi connectivity index (χ3v) is 2.75. The van der Waals surface area contributed by atoms with Crippen LogP contribution in [0.3, 0.4) is 0 Å². The summed E-state index contributed by atoms with van der Waals surface area (Å²) in [5.41, 5.74) is 9.10. The Labute approximate surface area is 106 Å². The molecule has 0 bridgehead atoms. The van der Waals surface area contributed by atoms with Gasteiger partial charge < -0.3 is 11.1 Å². The summed E-state index contributed by atoms with van der Waals surface area (Å²) in [5.74, 6) is -0.193. The number of aryl methyl sites for hydroxylation is 2. The molecule has 1 aromatic heterocycles. The van der Waals surface area contributed by atoms with Crippen LogP contribution >= 0.6 is 0 Å². The summed E-state index contributed by atoms with van der Waals surface area (Å²) in [5, 5.41) is 2.86. The number of nitrogens with one attached hydrogen (secondary N) is 1. The Hall–Kier alpha value is -2.36. The molecule has 0 radical (unpaired) electrons. The van der Waals surface area contributed by atoms with Crippen LogP contribution < -0.4 is 11.1 Å². The molecule has 0 aliphatic rings. The number of nitrogens with two attached hydrogens (primary N) is 1. The number of pyridine rings is 1. The highest BCUT2D eigenvalue weighted by Gasteiger charge is 2.11. The summed E-state index contributed by atoms with van der Waals surface area (Å²) in [6, 6.07) is 9.25. The van der Waals surface area contributed by atoms with Crippen molar-refractivity contribution >= 4 is 17.3 Å². The predicted octanol–water partition coefficient (Wildman–Crippen LogP) is 2.53. The molecule has 4 nitrogen and oxygen atoms in total. The van der Waals surface area contributed by atoms with Gasteiger partial charge in [0.2, 0.25) is 0 Å². The van der Waals surface area contributed by atoms with Gasteiger partial charge in [0.25, 0.3) is 5.91 Å². The van der Waals surface area contributed by atoms with Gasteiger partial charge in [-0.2, -0.15) is 0 Å². The number of hydrogen-bond donors (Lipinski definition) is 2. The lowest BCUT2D eigenvalue weighted by atomic mass is 10.1. The van der Waals surface area contributed by atoms with Crippen LogP contribution in [0.25, 0.3) is 0 Å². The highest BCUT2D eigenvalue weighted by atomic mass is 16.1. The van der Waals surface area contributed by atoms with Crippen molar-refractivity contribution in [1.82, 2.24) is 4.98 Å². The second-order valence-electron chi connectivity index (χ2n) is 4.17. The number of para-hydroxylation sites is 1. The van der Waals surface area contributed by atoms with Crippen molar-refractivity contribution in [2.75, 3.05) is 11.1 Å². The third kappa shape index (κ3) is 2.48. The van der Waals surface area contributed by atoms with E-state index in [0.29, 0.717) is 16.9 Å². The van der Waals surface area contributed by atoms with Gasteiger partial charge in [-0.05, 0) is 31.5 Å².